The van der Waals surface area contributed by atoms with Crippen molar-refractivity contribution < 1.29 is 0 Å². The predicted molar refractivity (Wildman–Crippen MR) is 82.3 cm³/mol. The number of hydrogen-bond acceptors (Lipinski definition) is 1. The third-order valence-electron chi connectivity index (χ3n) is 3.13. The lowest BCUT2D eigenvalue weighted by atomic mass is 10.1. The Bertz CT molecular complexity index is 502. The van der Waals surface area contributed by atoms with Crippen molar-refractivity contribution in [2.24, 2.45) is 5.92 Å². The first-order chi connectivity index (χ1) is 9.13. The molecule has 1 aliphatic rings. The van der Waals surface area contributed by atoms with Crippen LogP contribution in [0.4, 0.5) is 0 Å². The van der Waals surface area contributed by atoms with Crippen LogP contribution in [0.5, 0.6) is 0 Å². The van der Waals surface area contributed by atoms with Gasteiger partial charge in [0.05, 0.1) is 0 Å². The van der Waals surface area contributed by atoms with E-state index in [-0.39, 0.29) is 0 Å². The normalized spacial score (nSPS) is 15.9. The summed E-state index contributed by atoms with van der Waals surface area (Å²) in [5.41, 5.74) is 2.28. The Morgan fingerprint density at radius 2 is 1.95 bits per heavy atom. The maximum Gasteiger partial charge on any atom is 0.0406 e. The summed E-state index contributed by atoms with van der Waals surface area (Å²) in [6.45, 7) is 7.86. The van der Waals surface area contributed by atoms with Crippen LogP contribution < -0.4 is 0 Å². The molecule has 0 aromatic heterocycles. The van der Waals surface area contributed by atoms with E-state index in [9.17, 15) is 0 Å². The van der Waals surface area contributed by atoms with Gasteiger partial charge in [-0.15, -0.1) is 0 Å². The fraction of sp³-hybridized carbons (Fsp3) is 0.412. The zero-order chi connectivity index (χ0) is 13.7. The Morgan fingerprint density at radius 1 is 1.21 bits per heavy atom. The van der Waals surface area contributed by atoms with Gasteiger partial charge in [-0.25, -0.2) is 0 Å². The highest BCUT2D eigenvalue weighted by atomic mass is 35.5. The molecule has 1 heterocycles. The van der Waals surface area contributed by atoms with E-state index in [1.807, 2.05) is 24.3 Å². The molecule has 0 fully saturated rings. The monoisotopic (exact) mass is 273 g/mol. The SMILES string of the molecule is CC(C)CN1CC=C(C#Cc2ccc(Cl)cc2)CC1. The van der Waals surface area contributed by atoms with E-state index >= 15 is 0 Å². The lowest BCUT2D eigenvalue weighted by Crippen LogP contribution is -2.31. The van der Waals surface area contributed by atoms with Gasteiger partial charge in [0.2, 0.25) is 0 Å². The number of hydrogen-bond donors (Lipinski definition) is 0. The summed E-state index contributed by atoms with van der Waals surface area (Å²) in [6, 6.07) is 7.68. The van der Waals surface area contributed by atoms with Crippen LogP contribution in [0.1, 0.15) is 25.8 Å². The Balaban J connectivity index is 1.94. The van der Waals surface area contributed by atoms with Crippen molar-refractivity contribution in [3.63, 3.8) is 0 Å². The Hall–Kier alpha value is -1.23. The summed E-state index contributed by atoms with van der Waals surface area (Å²) >= 11 is 5.85. The highest BCUT2D eigenvalue weighted by Crippen LogP contribution is 2.12. The Kier molecular flexibility index (Phi) is 5.07. The molecular formula is C17H20ClN. The van der Waals surface area contributed by atoms with Gasteiger partial charge in [0.25, 0.3) is 0 Å². The van der Waals surface area contributed by atoms with E-state index in [1.165, 1.54) is 12.1 Å². The van der Waals surface area contributed by atoms with Gasteiger partial charge >= 0.3 is 0 Å². The molecule has 0 unspecified atom stereocenters. The number of halogens is 1. The lowest BCUT2D eigenvalue weighted by Gasteiger charge is -2.26. The zero-order valence-electron chi connectivity index (χ0n) is 11.6. The van der Waals surface area contributed by atoms with Crippen molar-refractivity contribution in [3.8, 4) is 11.8 Å². The van der Waals surface area contributed by atoms with E-state index in [0.29, 0.717) is 0 Å². The van der Waals surface area contributed by atoms with Crippen molar-refractivity contribution in [1.29, 1.82) is 0 Å². The molecule has 1 nitrogen and oxygen atoms in total. The molecule has 2 heteroatoms. The molecule has 0 bridgehead atoms. The van der Waals surface area contributed by atoms with Crippen LogP contribution >= 0.6 is 11.6 Å². The van der Waals surface area contributed by atoms with Gasteiger partial charge in [-0.3, -0.25) is 4.90 Å². The molecule has 0 saturated heterocycles. The smallest absolute Gasteiger partial charge is 0.0406 e. The van der Waals surface area contributed by atoms with E-state index in [4.69, 9.17) is 11.6 Å². The van der Waals surface area contributed by atoms with Crippen LogP contribution in [0, 0.1) is 17.8 Å². The first-order valence-electron chi connectivity index (χ1n) is 6.82. The maximum atomic E-state index is 5.85. The van der Waals surface area contributed by atoms with Crippen LogP contribution in [-0.2, 0) is 0 Å². The minimum absolute atomic E-state index is 0.732. The summed E-state index contributed by atoms with van der Waals surface area (Å²) < 4.78 is 0. The van der Waals surface area contributed by atoms with Crippen LogP contribution in [0.3, 0.4) is 0 Å². The van der Waals surface area contributed by atoms with E-state index in [2.05, 4.69) is 36.7 Å². The van der Waals surface area contributed by atoms with Gasteiger partial charge in [-0.1, -0.05) is 43.4 Å². The molecule has 19 heavy (non-hydrogen) atoms. The van der Waals surface area contributed by atoms with Crippen LogP contribution in [0.25, 0.3) is 0 Å². The summed E-state index contributed by atoms with van der Waals surface area (Å²) in [6.07, 6.45) is 3.32. The highest BCUT2D eigenvalue weighted by molar-refractivity contribution is 6.30. The fourth-order valence-corrected chi connectivity index (χ4v) is 2.32. The quantitative estimate of drug-likeness (QED) is 0.737. The Morgan fingerprint density at radius 3 is 2.53 bits per heavy atom. The number of nitrogens with zero attached hydrogens (tertiary/aromatic N) is 1. The van der Waals surface area contributed by atoms with Crippen molar-refractivity contribution in [3.05, 3.63) is 46.5 Å². The van der Waals surface area contributed by atoms with Gasteiger partial charge in [-0.2, -0.15) is 0 Å². The molecule has 2 rings (SSSR count). The zero-order valence-corrected chi connectivity index (χ0v) is 12.4. The van der Waals surface area contributed by atoms with Crippen molar-refractivity contribution in [1.82, 2.24) is 4.90 Å². The summed E-state index contributed by atoms with van der Waals surface area (Å²) in [5.74, 6) is 7.21. The summed E-state index contributed by atoms with van der Waals surface area (Å²) in [5, 5.41) is 0.756. The van der Waals surface area contributed by atoms with Crippen LogP contribution in [0.2, 0.25) is 5.02 Å². The Labute approximate surface area is 121 Å². The van der Waals surface area contributed by atoms with Gasteiger partial charge in [0.15, 0.2) is 0 Å². The second-order valence-electron chi connectivity index (χ2n) is 5.39. The van der Waals surface area contributed by atoms with Gasteiger partial charge in [-0.05, 0) is 36.6 Å². The summed E-state index contributed by atoms with van der Waals surface area (Å²) in [4.78, 5) is 2.48. The molecule has 1 aromatic carbocycles. The lowest BCUT2D eigenvalue weighted by molar-refractivity contribution is 0.263. The van der Waals surface area contributed by atoms with Crippen molar-refractivity contribution in [2.75, 3.05) is 19.6 Å². The third-order valence-corrected chi connectivity index (χ3v) is 3.38. The number of rotatable bonds is 2. The average Bonchev–Trinajstić information content (AvgIpc) is 2.39. The first kappa shape index (κ1) is 14.2. The largest absolute Gasteiger partial charge is 0.299 e. The second kappa shape index (κ2) is 6.80. The topological polar surface area (TPSA) is 3.24 Å². The maximum absolute atomic E-state index is 5.85. The molecule has 0 saturated carbocycles. The standard InChI is InChI=1S/C17H20ClN/c1-14(2)13-19-11-9-16(10-12-19)4-3-15-5-7-17(18)8-6-15/h5-9,14H,10-13H2,1-2H3. The molecule has 1 aliphatic heterocycles. The highest BCUT2D eigenvalue weighted by Gasteiger charge is 2.11. The predicted octanol–water partition coefficient (Wildman–Crippen LogP) is 3.98. The molecule has 1 aromatic rings. The molecule has 0 N–H and O–H groups in total. The van der Waals surface area contributed by atoms with Gasteiger partial charge in [0, 0.05) is 35.8 Å². The molecule has 0 atom stereocenters. The molecule has 0 radical (unpaired) electrons. The fourth-order valence-electron chi connectivity index (χ4n) is 2.19. The van der Waals surface area contributed by atoms with Gasteiger partial charge in [0.1, 0.15) is 0 Å². The molecule has 100 valence electrons. The molecule has 0 amide bonds. The minimum atomic E-state index is 0.732. The van der Waals surface area contributed by atoms with Crippen LogP contribution in [0.15, 0.2) is 35.9 Å². The van der Waals surface area contributed by atoms with Crippen molar-refractivity contribution in [2.45, 2.75) is 20.3 Å². The van der Waals surface area contributed by atoms with Crippen LogP contribution in [-0.4, -0.2) is 24.5 Å². The van der Waals surface area contributed by atoms with E-state index in [1.54, 1.807) is 0 Å². The van der Waals surface area contributed by atoms with Gasteiger partial charge < -0.3 is 0 Å². The van der Waals surface area contributed by atoms with Crippen molar-refractivity contribution >= 4 is 11.6 Å². The number of benzene rings is 1. The second-order valence-corrected chi connectivity index (χ2v) is 5.83. The minimum Gasteiger partial charge on any atom is -0.299 e. The third kappa shape index (κ3) is 4.74. The summed E-state index contributed by atoms with van der Waals surface area (Å²) in [7, 11) is 0. The molecular weight excluding hydrogens is 254 g/mol. The molecule has 0 aliphatic carbocycles. The molecule has 0 spiro atoms. The first-order valence-corrected chi connectivity index (χ1v) is 7.20. The van der Waals surface area contributed by atoms with E-state index < -0.39 is 0 Å². The van der Waals surface area contributed by atoms with E-state index in [0.717, 1.165) is 36.0 Å². The average molecular weight is 274 g/mol.